The number of nitrogen functional groups attached to an aromatic ring is 1. The Hall–Kier alpha value is -1.96. The molecule has 0 aromatic carbocycles. The molecule has 0 saturated heterocycles. The standard InChI is InChI=1S/C11H16N4O/c1-4-6-13-9-7-10(15-11(12)14-9)16-8(3)5-2/h2,7-8H,4,6H2,1,3H3,(H3,12,13,14,15). The molecule has 5 nitrogen and oxygen atoms in total. The lowest BCUT2D eigenvalue weighted by molar-refractivity contribution is 0.268. The molecule has 0 aliphatic rings. The van der Waals surface area contributed by atoms with Crippen LogP contribution in [0.3, 0.4) is 0 Å². The van der Waals surface area contributed by atoms with Crippen molar-refractivity contribution in [3.63, 3.8) is 0 Å². The number of anilines is 2. The van der Waals surface area contributed by atoms with E-state index in [2.05, 4.69) is 28.1 Å². The number of hydrogen-bond acceptors (Lipinski definition) is 5. The number of nitrogens with one attached hydrogen (secondary N) is 1. The highest BCUT2D eigenvalue weighted by Gasteiger charge is 2.05. The van der Waals surface area contributed by atoms with Crippen molar-refractivity contribution in [2.45, 2.75) is 26.4 Å². The summed E-state index contributed by atoms with van der Waals surface area (Å²) in [6.45, 7) is 4.65. The van der Waals surface area contributed by atoms with Gasteiger partial charge in [0.05, 0.1) is 0 Å². The number of hydrogen-bond donors (Lipinski definition) is 2. The van der Waals surface area contributed by atoms with Gasteiger partial charge in [0.1, 0.15) is 5.82 Å². The van der Waals surface area contributed by atoms with Crippen molar-refractivity contribution in [1.82, 2.24) is 9.97 Å². The summed E-state index contributed by atoms with van der Waals surface area (Å²) in [6, 6.07) is 1.68. The summed E-state index contributed by atoms with van der Waals surface area (Å²) in [5.41, 5.74) is 5.55. The van der Waals surface area contributed by atoms with E-state index in [1.54, 1.807) is 13.0 Å². The van der Waals surface area contributed by atoms with Crippen molar-refractivity contribution in [3.8, 4) is 18.2 Å². The fraction of sp³-hybridized carbons (Fsp3) is 0.455. The van der Waals surface area contributed by atoms with Crippen LogP contribution >= 0.6 is 0 Å². The van der Waals surface area contributed by atoms with Gasteiger partial charge in [-0.1, -0.05) is 12.8 Å². The van der Waals surface area contributed by atoms with E-state index in [-0.39, 0.29) is 12.1 Å². The minimum Gasteiger partial charge on any atom is -0.461 e. The van der Waals surface area contributed by atoms with Gasteiger partial charge in [-0.05, 0) is 13.3 Å². The molecule has 5 heteroatoms. The molecule has 1 aromatic heterocycles. The van der Waals surface area contributed by atoms with E-state index < -0.39 is 0 Å². The first-order chi connectivity index (χ1) is 7.65. The molecule has 16 heavy (non-hydrogen) atoms. The molecule has 1 rings (SSSR count). The van der Waals surface area contributed by atoms with Gasteiger partial charge in [0, 0.05) is 12.6 Å². The van der Waals surface area contributed by atoms with Gasteiger partial charge in [0.2, 0.25) is 11.8 Å². The molecule has 0 aliphatic heterocycles. The van der Waals surface area contributed by atoms with Gasteiger partial charge in [0.25, 0.3) is 0 Å². The van der Waals surface area contributed by atoms with Crippen LogP contribution in [0, 0.1) is 12.3 Å². The highest BCUT2D eigenvalue weighted by atomic mass is 16.5. The molecule has 0 saturated carbocycles. The molecule has 0 fully saturated rings. The maximum Gasteiger partial charge on any atom is 0.225 e. The van der Waals surface area contributed by atoms with Crippen LogP contribution in [-0.2, 0) is 0 Å². The summed E-state index contributed by atoms with van der Waals surface area (Å²) >= 11 is 0. The average Bonchev–Trinajstić information content (AvgIpc) is 2.25. The minimum atomic E-state index is -0.340. The third-order valence-electron chi connectivity index (χ3n) is 1.81. The Labute approximate surface area is 95.4 Å². The number of ether oxygens (including phenoxy) is 1. The predicted molar refractivity (Wildman–Crippen MR) is 64.1 cm³/mol. The van der Waals surface area contributed by atoms with E-state index in [0.717, 1.165) is 13.0 Å². The van der Waals surface area contributed by atoms with Crippen LogP contribution in [-0.4, -0.2) is 22.6 Å². The molecule has 1 aromatic rings. The zero-order valence-corrected chi connectivity index (χ0v) is 9.53. The first-order valence-electron chi connectivity index (χ1n) is 5.17. The van der Waals surface area contributed by atoms with Crippen LogP contribution in [0.1, 0.15) is 20.3 Å². The third-order valence-corrected chi connectivity index (χ3v) is 1.81. The number of rotatable bonds is 5. The average molecular weight is 220 g/mol. The maximum absolute atomic E-state index is 5.55. The maximum atomic E-state index is 5.55. The van der Waals surface area contributed by atoms with Gasteiger partial charge in [-0.3, -0.25) is 0 Å². The lowest BCUT2D eigenvalue weighted by Gasteiger charge is -2.10. The van der Waals surface area contributed by atoms with Crippen LogP contribution in [0.2, 0.25) is 0 Å². The SMILES string of the molecule is C#CC(C)Oc1cc(NCCC)nc(N)n1. The van der Waals surface area contributed by atoms with E-state index in [1.807, 2.05) is 0 Å². The smallest absolute Gasteiger partial charge is 0.225 e. The summed E-state index contributed by atoms with van der Waals surface area (Å²) in [6.07, 6.45) is 5.87. The molecule has 0 bridgehead atoms. The molecule has 3 N–H and O–H groups in total. The highest BCUT2D eigenvalue weighted by Crippen LogP contribution is 2.15. The fourth-order valence-corrected chi connectivity index (χ4v) is 1.06. The van der Waals surface area contributed by atoms with Gasteiger partial charge in [-0.2, -0.15) is 9.97 Å². The van der Waals surface area contributed by atoms with Crippen LogP contribution in [0.15, 0.2) is 6.07 Å². The first kappa shape index (κ1) is 12.1. The van der Waals surface area contributed by atoms with Crippen molar-refractivity contribution in [3.05, 3.63) is 6.07 Å². The number of nitrogens with zero attached hydrogens (tertiary/aromatic N) is 2. The van der Waals surface area contributed by atoms with Crippen molar-refractivity contribution in [2.24, 2.45) is 0 Å². The Bertz CT molecular complexity index is 386. The van der Waals surface area contributed by atoms with Crippen molar-refractivity contribution >= 4 is 11.8 Å². The molecule has 0 aliphatic carbocycles. The normalized spacial score (nSPS) is 11.6. The molecule has 0 radical (unpaired) electrons. The largest absolute Gasteiger partial charge is 0.461 e. The Balaban J connectivity index is 2.77. The zero-order chi connectivity index (χ0) is 12.0. The van der Waals surface area contributed by atoms with Crippen LogP contribution in [0.5, 0.6) is 5.88 Å². The van der Waals surface area contributed by atoms with Gasteiger partial charge < -0.3 is 15.8 Å². The van der Waals surface area contributed by atoms with Crippen molar-refractivity contribution < 1.29 is 4.74 Å². The summed E-state index contributed by atoms with van der Waals surface area (Å²) in [7, 11) is 0. The van der Waals surface area contributed by atoms with Crippen LogP contribution in [0.25, 0.3) is 0 Å². The Morgan fingerprint density at radius 2 is 2.38 bits per heavy atom. The van der Waals surface area contributed by atoms with E-state index in [1.165, 1.54) is 0 Å². The third kappa shape index (κ3) is 3.65. The molecule has 1 atom stereocenters. The molecule has 86 valence electrons. The van der Waals surface area contributed by atoms with Crippen molar-refractivity contribution in [1.29, 1.82) is 0 Å². The fourth-order valence-electron chi connectivity index (χ4n) is 1.06. The minimum absolute atomic E-state index is 0.167. The summed E-state index contributed by atoms with van der Waals surface area (Å²) in [5, 5.41) is 3.10. The summed E-state index contributed by atoms with van der Waals surface area (Å²) in [5.74, 6) is 3.65. The Morgan fingerprint density at radius 3 is 3.00 bits per heavy atom. The van der Waals surface area contributed by atoms with E-state index in [4.69, 9.17) is 16.9 Å². The van der Waals surface area contributed by atoms with E-state index >= 15 is 0 Å². The molecular weight excluding hydrogens is 204 g/mol. The van der Waals surface area contributed by atoms with Gasteiger partial charge in [-0.25, -0.2) is 0 Å². The van der Waals surface area contributed by atoms with Gasteiger partial charge >= 0.3 is 0 Å². The zero-order valence-electron chi connectivity index (χ0n) is 9.53. The number of aromatic nitrogens is 2. The second-order valence-corrected chi connectivity index (χ2v) is 3.30. The topological polar surface area (TPSA) is 73.1 Å². The van der Waals surface area contributed by atoms with E-state index in [9.17, 15) is 0 Å². The van der Waals surface area contributed by atoms with Crippen molar-refractivity contribution in [2.75, 3.05) is 17.6 Å². The van der Waals surface area contributed by atoms with Gasteiger partial charge in [-0.15, -0.1) is 6.42 Å². The molecular formula is C11H16N4O. The highest BCUT2D eigenvalue weighted by molar-refractivity contribution is 5.42. The molecule has 0 amide bonds. The Morgan fingerprint density at radius 1 is 1.62 bits per heavy atom. The second-order valence-electron chi connectivity index (χ2n) is 3.30. The first-order valence-corrected chi connectivity index (χ1v) is 5.17. The Kier molecular flexibility index (Phi) is 4.40. The van der Waals surface area contributed by atoms with Crippen LogP contribution in [0.4, 0.5) is 11.8 Å². The monoisotopic (exact) mass is 220 g/mol. The summed E-state index contributed by atoms with van der Waals surface area (Å²) < 4.78 is 5.36. The number of nitrogens with two attached hydrogens (primary N) is 1. The van der Waals surface area contributed by atoms with E-state index in [0.29, 0.717) is 11.7 Å². The lowest BCUT2D eigenvalue weighted by atomic mass is 10.4. The lowest BCUT2D eigenvalue weighted by Crippen LogP contribution is -2.12. The number of terminal acetylenes is 1. The van der Waals surface area contributed by atoms with Gasteiger partial charge in [0.15, 0.2) is 6.10 Å². The second kappa shape index (κ2) is 5.81. The predicted octanol–water partition coefficient (Wildman–Crippen LogP) is 1.28. The summed E-state index contributed by atoms with van der Waals surface area (Å²) in [4.78, 5) is 7.97. The molecule has 0 spiro atoms. The molecule has 1 unspecified atom stereocenters. The van der Waals surface area contributed by atoms with Crippen LogP contribution < -0.4 is 15.8 Å². The molecule has 1 heterocycles. The quantitative estimate of drug-likeness (QED) is 0.731.